The van der Waals surface area contributed by atoms with Crippen LogP contribution >= 0.6 is 11.6 Å². The number of nitrogens with zero attached hydrogens (tertiary/aromatic N) is 3. The van der Waals surface area contributed by atoms with Crippen LogP contribution in [0.1, 0.15) is 5.56 Å². The molecule has 0 saturated heterocycles. The van der Waals surface area contributed by atoms with Gasteiger partial charge in [0.1, 0.15) is 5.82 Å². The van der Waals surface area contributed by atoms with Crippen LogP contribution in [0.2, 0.25) is 5.02 Å². The van der Waals surface area contributed by atoms with Crippen LogP contribution in [0.3, 0.4) is 0 Å². The third-order valence-corrected chi connectivity index (χ3v) is 4.71. The third-order valence-electron chi connectivity index (χ3n) is 4.40. The summed E-state index contributed by atoms with van der Waals surface area (Å²) in [5.41, 5.74) is 1.11. The number of benzene rings is 2. The lowest BCUT2D eigenvalue weighted by atomic mass is 10.1. The number of oxazole rings is 1. The van der Waals surface area contributed by atoms with Gasteiger partial charge in [-0.2, -0.15) is 9.97 Å². The average molecular weight is 429 g/mol. The van der Waals surface area contributed by atoms with E-state index in [1.54, 1.807) is 6.07 Å². The van der Waals surface area contributed by atoms with Gasteiger partial charge in [0.15, 0.2) is 23.2 Å². The van der Waals surface area contributed by atoms with Crippen molar-refractivity contribution in [1.29, 1.82) is 0 Å². The SMILES string of the molecule is CNc1nc(=O)n(-c2nc(-c3cccc(C)c3)oc2-c2ccc(Cl)c(F)c2)cc1F. The van der Waals surface area contributed by atoms with Crippen molar-refractivity contribution >= 4 is 17.4 Å². The zero-order valence-electron chi connectivity index (χ0n) is 15.9. The Labute approximate surface area is 174 Å². The minimum atomic E-state index is -0.777. The summed E-state index contributed by atoms with van der Waals surface area (Å²) in [6.07, 6.45) is 0.953. The van der Waals surface area contributed by atoms with Crippen molar-refractivity contribution in [3.05, 3.63) is 81.4 Å². The Morgan fingerprint density at radius 2 is 1.87 bits per heavy atom. The van der Waals surface area contributed by atoms with Crippen LogP contribution in [0, 0.1) is 18.6 Å². The molecular weight excluding hydrogens is 414 g/mol. The molecule has 0 spiro atoms. The highest BCUT2D eigenvalue weighted by Gasteiger charge is 2.21. The van der Waals surface area contributed by atoms with Crippen LogP contribution in [-0.2, 0) is 0 Å². The van der Waals surface area contributed by atoms with Gasteiger partial charge in [0.2, 0.25) is 5.89 Å². The van der Waals surface area contributed by atoms with Crippen molar-refractivity contribution in [2.75, 3.05) is 12.4 Å². The fourth-order valence-electron chi connectivity index (χ4n) is 2.96. The number of rotatable bonds is 4. The molecule has 0 aliphatic carbocycles. The number of hydrogen-bond donors (Lipinski definition) is 1. The quantitative estimate of drug-likeness (QED) is 0.503. The number of aromatic nitrogens is 3. The number of anilines is 1. The second-order valence-electron chi connectivity index (χ2n) is 6.51. The lowest BCUT2D eigenvalue weighted by Crippen LogP contribution is -2.23. The largest absolute Gasteiger partial charge is 0.434 e. The van der Waals surface area contributed by atoms with Gasteiger partial charge < -0.3 is 9.73 Å². The number of nitrogens with one attached hydrogen (secondary N) is 1. The maximum Gasteiger partial charge on any atom is 0.355 e. The second-order valence-corrected chi connectivity index (χ2v) is 6.92. The molecule has 0 unspecified atom stereocenters. The van der Waals surface area contributed by atoms with Crippen molar-refractivity contribution in [2.24, 2.45) is 0 Å². The highest BCUT2D eigenvalue weighted by atomic mass is 35.5. The molecule has 1 N–H and O–H groups in total. The summed E-state index contributed by atoms with van der Waals surface area (Å²) in [7, 11) is 1.45. The lowest BCUT2D eigenvalue weighted by molar-refractivity contribution is 0.583. The first-order valence-corrected chi connectivity index (χ1v) is 9.26. The molecule has 6 nitrogen and oxygen atoms in total. The van der Waals surface area contributed by atoms with Crippen LogP contribution in [0.15, 0.2) is 57.9 Å². The predicted molar refractivity (Wildman–Crippen MR) is 110 cm³/mol. The Hall–Kier alpha value is -3.52. The molecule has 152 valence electrons. The summed E-state index contributed by atoms with van der Waals surface area (Å²) in [6, 6.07) is 11.4. The summed E-state index contributed by atoms with van der Waals surface area (Å²) in [6.45, 7) is 1.91. The van der Waals surface area contributed by atoms with Gasteiger partial charge in [-0.25, -0.2) is 18.1 Å². The Kier molecular flexibility index (Phi) is 5.09. The fraction of sp³-hybridized carbons (Fsp3) is 0.0952. The monoisotopic (exact) mass is 428 g/mol. The van der Waals surface area contributed by atoms with E-state index in [-0.39, 0.29) is 33.9 Å². The number of halogens is 3. The Morgan fingerprint density at radius 1 is 1.07 bits per heavy atom. The van der Waals surface area contributed by atoms with Crippen LogP contribution in [0.25, 0.3) is 28.6 Å². The van der Waals surface area contributed by atoms with E-state index in [0.29, 0.717) is 5.56 Å². The van der Waals surface area contributed by atoms with E-state index in [1.807, 2.05) is 25.1 Å². The van der Waals surface area contributed by atoms with Crippen LogP contribution in [-0.4, -0.2) is 21.6 Å². The topological polar surface area (TPSA) is 73.0 Å². The normalized spacial score (nSPS) is 11.0. The molecule has 0 amide bonds. The van der Waals surface area contributed by atoms with Gasteiger partial charge in [0, 0.05) is 18.2 Å². The Bertz CT molecular complexity index is 1320. The summed E-state index contributed by atoms with van der Waals surface area (Å²) in [5, 5.41) is 2.44. The average Bonchev–Trinajstić information content (AvgIpc) is 3.16. The Morgan fingerprint density at radius 3 is 2.57 bits per heavy atom. The van der Waals surface area contributed by atoms with E-state index in [4.69, 9.17) is 16.0 Å². The molecule has 0 saturated carbocycles. The first kappa shape index (κ1) is 19.8. The predicted octanol–water partition coefficient (Wildman–Crippen LogP) is 4.84. The van der Waals surface area contributed by atoms with Crippen molar-refractivity contribution < 1.29 is 13.2 Å². The number of hydrogen-bond acceptors (Lipinski definition) is 5. The molecule has 0 fully saturated rings. The maximum absolute atomic E-state index is 14.3. The van der Waals surface area contributed by atoms with Gasteiger partial charge in [-0.15, -0.1) is 0 Å². The highest BCUT2D eigenvalue weighted by Crippen LogP contribution is 2.33. The molecule has 2 aromatic carbocycles. The summed E-state index contributed by atoms with van der Waals surface area (Å²) in [4.78, 5) is 20.6. The molecule has 2 heterocycles. The summed E-state index contributed by atoms with van der Waals surface area (Å²) >= 11 is 5.78. The standard InChI is InChI=1S/C21H15ClF2N4O2/c1-11-4-3-5-13(8-11)20-27-19(28-10-16(24)18(25-2)26-21(28)29)17(30-20)12-6-7-14(22)15(23)9-12/h3-10H,1-2H3,(H,25,26,29). The van der Waals surface area contributed by atoms with E-state index in [9.17, 15) is 13.6 Å². The molecule has 0 radical (unpaired) electrons. The number of aryl methyl sites for hydroxylation is 1. The maximum atomic E-state index is 14.3. The van der Waals surface area contributed by atoms with Gasteiger partial charge in [-0.05, 0) is 37.3 Å². The van der Waals surface area contributed by atoms with Gasteiger partial charge >= 0.3 is 5.69 Å². The van der Waals surface area contributed by atoms with E-state index >= 15 is 0 Å². The van der Waals surface area contributed by atoms with Crippen molar-refractivity contribution in [1.82, 2.24) is 14.5 Å². The molecule has 0 aliphatic rings. The van der Waals surface area contributed by atoms with Gasteiger partial charge in [-0.1, -0.05) is 29.3 Å². The van der Waals surface area contributed by atoms with Crippen molar-refractivity contribution in [3.8, 4) is 28.6 Å². The Balaban J connectivity index is 1.98. The van der Waals surface area contributed by atoms with Crippen LogP contribution < -0.4 is 11.0 Å². The van der Waals surface area contributed by atoms with Gasteiger partial charge in [-0.3, -0.25) is 0 Å². The molecule has 2 aromatic heterocycles. The zero-order valence-corrected chi connectivity index (χ0v) is 16.7. The molecule has 0 aliphatic heterocycles. The summed E-state index contributed by atoms with van der Waals surface area (Å²) < 4.78 is 35.2. The van der Waals surface area contributed by atoms with E-state index in [0.717, 1.165) is 22.4 Å². The molecule has 0 bridgehead atoms. The molecule has 0 atom stereocenters. The fourth-order valence-corrected chi connectivity index (χ4v) is 3.08. The first-order valence-electron chi connectivity index (χ1n) is 8.88. The minimum absolute atomic E-state index is 0.0210. The van der Waals surface area contributed by atoms with E-state index in [1.165, 1.54) is 19.2 Å². The summed E-state index contributed by atoms with van der Waals surface area (Å²) in [5.74, 6) is -1.39. The van der Waals surface area contributed by atoms with Gasteiger partial charge in [0.05, 0.1) is 11.2 Å². The van der Waals surface area contributed by atoms with E-state index in [2.05, 4.69) is 15.3 Å². The van der Waals surface area contributed by atoms with Crippen molar-refractivity contribution in [2.45, 2.75) is 6.92 Å². The molecule has 9 heteroatoms. The van der Waals surface area contributed by atoms with Crippen molar-refractivity contribution in [3.63, 3.8) is 0 Å². The molecular formula is C21H15ClF2N4O2. The lowest BCUT2D eigenvalue weighted by Gasteiger charge is -2.07. The third kappa shape index (κ3) is 3.57. The van der Waals surface area contributed by atoms with Crippen LogP contribution in [0.5, 0.6) is 0 Å². The molecule has 4 rings (SSSR count). The molecule has 4 aromatic rings. The smallest absolute Gasteiger partial charge is 0.355 e. The van der Waals surface area contributed by atoms with Crippen LogP contribution in [0.4, 0.5) is 14.6 Å². The van der Waals surface area contributed by atoms with Gasteiger partial charge in [0.25, 0.3) is 0 Å². The highest BCUT2D eigenvalue weighted by molar-refractivity contribution is 6.30. The van der Waals surface area contributed by atoms with E-state index < -0.39 is 17.3 Å². The zero-order chi connectivity index (χ0) is 21.4. The minimum Gasteiger partial charge on any atom is -0.434 e. The second kappa shape index (κ2) is 7.72. The molecule has 30 heavy (non-hydrogen) atoms. The first-order chi connectivity index (χ1) is 14.4.